The Balaban J connectivity index is 1.21. The third-order valence-electron chi connectivity index (χ3n) is 8.55. The van der Waals surface area contributed by atoms with Crippen LogP contribution in [0.2, 0.25) is 0 Å². The van der Waals surface area contributed by atoms with Crippen molar-refractivity contribution in [3.8, 4) is 11.5 Å². The van der Waals surface area contributed by atoms with Crippen molar-refractivity contribution in [1.29, 1.82) is 0 Å². The first-order valence-corrected chi connectivity index (χ1v) is 14.7. The average molecular weight is 618 g/mol. The molecular weight excluding hydrogens is 582 g/mol. The molecule has 44 heavy (non-hydrogen) atoms. The predicted molar refractivity (Wildman–Crippen MR) is 155 cm³/mol. The summed E-state index contributed by atoms with van der Waals surface area (Å²) in [4.78, 5) is 19.0. The van der Waals surface area contributed by atoms with Crippen LogP contribution >= 0.6 is 0 Å². The SMILES string of the molecule is CO[C@H]1CCC[C@@H]1n1ccc(C(=O)NCc2nc(-c3cc4c(N[C@@H]5CCN(C)C[C@@H]5F)cccc4n3CC(F)(F)F)no2)c1. The number of nitrogens with one attached hydrogen (secondary N) is 2. The van der Waals surface area contributed by atoms with E-state index in [0.29, 0.717) is 35.1 Å². The lowest BCUT2D eigenvalue weighted by atomic mass is 10.0. The third kappa shape index (κ3) is 6.32. The standard InChI is InChI=1S/C30H35F4N7O3/c1-39-11-10-22(20(31)16-39)36-21-5-3-6-23-19(21)13-25(41(23)17-30(32,33)34)28-37-27(44-38-28)14-35-29(42)18-9-12-40(15-18)24-7-4-8-26(24)43-2/h3,5-6,9,12-13,15,20,22,24,26,36H,4,7-8,10-11,14,16-17H2,1-2H3,(H,35,42)/t20-,22+,24-,26-/m0/s1. The number of benzene rings is 1. The van der Waals surface area contributed by atoms with Gasteiger partial charge in [0.1, 0.15) is 12.7 Å². The van der Waals surface area contributed by atoms with E-state index in [-0.39, 0.29) is 48.6 Å². The lowest BCUT2D eigenvalue weighted by Crippen LogP contribution is -2.46. The van der Waals surface area contributed by atoms with Gasteiger partial charge in [-0.3, -0.25) is 4.79 Å². The minimum absolute atomic E-state index is 0.0387. The summed E-state index contributed by atoms with van der Waals surface area (Å²) >= 11 is 0. The second-order valence-corrected chi connectivity index (χ2v) is 11.6. The van der Waals surface area contributed by atoms with Gasteiger partial charge in [-0.15, -0.1) is 0 Å². The lowest BCUT2D eigenvalue weighted by Gasteiger charge is -2.33. The molecule has 10 nitrogen and oxygen atoms in total. The summed E-state index contributed by atoms with van der Waals surface area (Å²) in [6.07, 6.45) is 1.62. The molecular formula is C30H35F4N7O3. The number of anilines is 1. The van der Waals surface area contributed by atoms with Gasteiger partial charge in [0.05, 0.1) is 41.5 Å². The molecule has 0 unspecified atom stereocenters. The zero-order valence-electron chi connectivity index (χ0n) is 24.5. The minimum atomic E-state index is -4.53. The fraction of sp³-hybridized carbons (Fsp3) is 0.500. The van der Waals surface area contributed by atoms with Crippen molar-refractivity contribution in [3.05, 3.63) is 54.2 Å². The summed E-state index contributed by atoms with van der Waals surface area (Å²) in [7, 11) is 3.54. The summed E-state index contributed by atoms with van der Waals surface area (Å²) in [6, 6.07) is 7.91. The number of ether oxygens (including phenoxy) is 1. The van der Waals surface area contributed by atoms with Gasteiger partial charge in [0.15, 0.2) is 0 Å². The molecule has 0 radical (unpaired) electrons. The zero-order chi connectivity index (χ0) is 31.0. The number of methoxy groups -OCH3 is 1. The number of aromatic nitrogens is 4. The van der Waals surface area contributed by atoms with Crippen molar-refractivity contribution in [2.24, 2.45) is 0 Å². The van der Waals surface area contributed by atoms with Crippen molar-refractivity contribution in [2.45, 2.75) is 69.3 Å². The monoisotopic (exact) mass is 617 g/mol. The molecule has 14 heteroatoms. The second kappa shape index (κ2) is 12.2. The first-order valence-electron chi connectivity index (χ1n) is 14.7. The summed E-state index contributed by atoms with van der Waals surface area (Å²) in [5.74, 6) is -0.365. The molecule has 0 bridgehead atoms. The van der Waals surface area contributed by atoms with Gasteiger partial charge in [-0.05, 0) is 57.0 Å². The highest BCUT2D eigenvalue weighted by molar-refractivity contribution is 5.96. The smallest absolute Gasteiger partial charge is 0.379 e. The number of rotatable bonds is 9. The van der Waals surface area contributed by atoms with Crippen molar-refractivity contribution in [2.75, 3.05) is 32.6 Å². The predicted octanol–water partition coefficient (Wildman–Crippen LogP) is 5.18. The lowest BCUT2D eigenvalue weighted by molar-refractivity contribution is -0.139. The fourth-order valence-corrected chi connectivity index (χ4v) is 6.33. The van der Waals surface area contributed by atoms with Crippen LogP contribution in [0.4, 0.5) is 23.2 Å². The van der Waals surface area contributed by atoms with E-state index in [1.54, 1.807) is 43.6 Å². The van der Waals surface area contributed by atoms with E-state index >= 15 is 0 Å². The van der Waals surface area contributed by atoms with Crippen LogP contribution < -0.4 is 10.6 Å². The van der Waals surface area contributed by atoms with Crippen molar-refractivity contribution in [1.82, 2.24) is 29.5 Å². The molecule has 1 aromatic carbocycles. The van der Waals surface area contributed by atoms with Crippen molar-refractivity contribution >= 4 is 22.5 Å². The van der Waals surface area contributed by atoms with E-state index in [0.717, 1.165) is 23.8 Å². The number of piperidine rings is 1. The molecule has 4 heterocycles. The number of likely N-dealkylation sites (tertiary alicyclic amines) is 1. The Morgan fingerprint density at radius 1 is 1.20 bits per heavy atom. The van der Waals surface area contributed by atoms with Gasteiger partial charge in [-0.25, -0.2) is 4.39 Å². The van der Waals surface area contributed by atoms with Gasteiger partial charge < -0.3 is 33.9 Å². The summed E-state index contributed by atoms with van der Waals surface area (Å²) in [5, 5.41) is 10.4. The maximum Gasteiger partial charge on any atom is 0.406 e. The van der Waals surface area contributed by atoms with Gasteiger partial charge in [-0.1, -0.05) is 11.2 Å². The molecule has 6 rings (SSSR count). The van der Waals surface area contributed by atoms with Crippen LogP contribution in [0.1, 0.15) is 48.0 Å². The highest BCUT2D eigenvalue weighted by Gasteiger charge is 2.33. The highest BCUT2D eigenvalue weighted by Crippen LogP contribution is 2.35. The molecule has 4 atom stereocenters. The maximum absolute atomic E-state index is 14.8. The topological polar surface area (TPSA) is 102 Å². The zero-order valence-corrected chi connectivity index (χ0v) is 24.5. The Bertz CT molecular complexity index is 1610. The molecule has 2 fully saturated rings. The van der Waals surface area contributed by atoms with Crippen LogP contribution in [-0.2, 0) is 17.8 Å². The van der Waals surface area contributed by atoms with Gasteiger partial charge in [0.2, 0.25) is 11.7 Å². The number of alkyl halides is 4. The highest BCUT2D eigenvalue weighted by atomic mass is 19.4. The molecule has 236 valence electrons. The number of fused-ring (bicyclic) bond motifs is 1. The number of amides is 1. The molecule has 2 N–H and O–H groups in total. The average Bonchev–Trinajstić information content (AvgIpc) is 3.78. The number of nitrogens with zero attached hydrogens (tertiary/aromatic N) is 5. The maximum atomic E-state index is 14.8. The van der Waals surface area contributed by atoms with Crippen LogP contribution in [0.5, 0.6) is 0 Å². The fourth-order valence-electron chi connectivity index (χ4n) is 6.33. The molecule has 3 aromatic heterocycles. The molecule has 1 aliphatic carbocycles. The normalized spacial score (nSPS) is 23.0. The second-order valence-electron chi connectivity index (χ2n) is 11.6. The first-order chi connectivity index (χ1) is 21.1. The molecule has 4 aromatic rings. The summed E-state index contributed by atoms with van der Waals surface area (Å²) < 4.78 is 69.8. The number of halogens is 4. The van der Waals surface area contributed by atoms with E-state index < -0.39 is 24.9 Å². The minimum Gasteiger partial charge on any atom is -0.379 e. The van der Waals surface area contributed by atoms with E-state index in [1.807, 2.05) is 22.7 Å². The Labute approximate surface area is 251 Å². The molecule has 1 aliphatic heterocycles. The largest absolute Gasteiger partial charge is 0.406 e. The third-order valence-corrected chi connectivity index (χ3v) is 8.55. The summed E-state index contributed by atoms with van der Waals surface area (Å²) in [6.45, 7) is -0.410. The Morgan fingerprint density at radius 3 is 2.82 bits per heavy atom. The Morgan fingerprint density at radius 2 is 2.05 bits per heavy atom. The van der Waals surface area contributed by atoms with Crippen LogP contribution in [0, 0.1) is 0 Å². The van der Waals surface area contributed by atoms with E-state index in [1.165, 1.54) is 0 Å². The van der Waals surface area contributed by atoms with Gasteiger partial charge >= 0.3 is 6.18 Å². The quantitative estimate of drug-likeness (QED) is 0.250. The van der Waals surface area contributed by atoms with Crippen molar-refractivity contribution in [3.63, 3.8) is 0 Å². The van der Waals surface area contributed by atoms with Crippen LogP contribution in [0.15, 0.2) is 47.2 Å². The Kier molecular flexibility index (Phi) is 8.38. The van der Waals surface area contributed by atoms with Crippen LogP contribution in [0.3, 0.4) is 0 Å². The van der Waals surface area contributed by atoms with Crippen molar-refractivity contribution < 1.29 is 31.6 Å². The van der Waals surface area contributed by atoms with Crippen LogP contribution in [-0.4, -0.2) is 81.8 Å². The molecule has 1 amide bonds. The molecule has 0 spiro atoms. The van der Waals surface area contributed by atoms with Gasteiger partial charge in [0, 0.05) is 43.7 Å². The first kappa shape index (κ1) is 30.1. The van der Waals surface area contributed by atoms with Crippen LogP contribution in [0.25, 0.3) is 22.4 Å². The number of carbonyl (C=O) groups is 1. The van der Waals surface area contributed by atoms with E-state index in [2.05, 4.69) is 20.8 Å². The number of carbonyl (C=O) groups excluding carboxylic acids is 1. The molecule has 2 aliphatic rings. The number of hydrogen-bond donors (Lipinski definition) is 2. The van der Waals surface area contributed by atoms with E-state index in [4.69, 9.17) is 9.26 Å². The molecule has 1 saturated heterocycles. The molecule has 1 saturated carbocycles. The number of hydrogen-bond acceptors (Lipinski definition) is 7. The van der Waals surface area contributed by atoms with Gasteiger partial charge in [0.25, 0.3) is 5.91 Å². The Hall–Kier alpha value is -3.91. The van der Waals surface area contributed by atoms with E-state index in [9.17, 15) is 22.4 Å². The summed E-state index contributed by atoms with van der Waals surface area (Å²) in [5.41, 5.74) is 1.37. The van der Waals surface area contributed by atoms with Gasteiger partial charge in [-0.2, -0.15) is 18.2 Å².